The molecule has 0 saturated heterocycles. The van der Waals surface area contributed by atoms with E-state index in [1.165, 1.54) is 6.33 Å². The smallest absolute Gasteiger partial charge is 0.330 e. The second kappa shape index (κ2) is 8.89. The number of pyridine rings is 1. The molecule has 4 aromatic rings. The lowest BCUT2D eigenvalue weighted by Crippen LogP contribution is -2.70. The molecule has 1 N–H and O–H groups in total. The van der Waals surface area contributed by atoms with E-state index in [1.807, 2.05) is 44.5 Å². The van der Waals surface area contributed by atoms with Crippen molar-refractivity contribution < 1.29 is 9.53 Å². The lowest BCUT2D eigenvalue weighted by Gasteiger charge is -2.68. The highest BCUT2D eigenvalue weighted by atomic mass is 16.6. The quantitative estimate of drug-likeness (QED) is 0.327. The van der Waals surface area contributed by atoms with Gasteiger partial charge in [-0.3, -0.25) is 13.9 Å². The molecule has 11 heteroatoms. The molecule has 4 aromatic heterocycles. The van der Waals surface area contributed by atoms with Gasteiger partial charge in [0, 0.05) is 13.0 Å². The van der Waals surface area contributed by atoms with Crippen LogP contribution in [0.5, 0.6) is 0 Å². The van der Waals surface area contributed by atoms with Crippen molar-refractivity contribution in [2.75, 3.05) is 5.32 Å². The van der Waals surface area contributed by atoms with Crippen LogP contribution in [0.25, 0.3) is 16.8 Å². The standard InChI is InChI=1S/C32H42N8O3/c1-18-9-23-34-17-35-39(23)16-21(18)36-27-33-15-22-24(37-27)40(28(42)38(22)8)32-13-19-10-20(14-32)12-31(11-19,25(32)29(2,3)4)26(41)43-30(5,6)7/h9,15-17,19-20,25H,10-14H2,1-8H3,(H,33,36,37). The van der Waals surface area contributed by atoms with Crippen molar-refractivity contribution >= 4 is 34.4 Å². The highest BCUT2D eigenvalue weighted by molar-refractivity contribution is 5.79. The molecule has 43 heavy (non-hydrogen) atoms. The van der Waals surface area contributed by atoms with Crippen molar-refractivity contribution in [1.82, 2.24) is 33.7 Å². The van der Waals surface area contributed by atoms with E-state index in [2.05, 4.69) is 41.2 Å². The molecular formula is C32H42N8O3. The third kappa shape index (κ3) is 4.13. The number of carbonyl (C=O) groups is 1. The van der Waals surface area contributed by atoms with Crippen LogP contribution in [-0.2, 0) is 22.1 Å². The summed E-state index contributed by atoms with van der Waals surface area (Å²) in [4.78, 5) is 42.5. The Morgan fingerprint density at radius 3 is 2.42 bits per heavy atom. The molecule has 228 valence electrons. The van der Waals surface area contributed by atoms with E-state index in [-0.39, 0.29) is 23.0 Å². The van der Waals surface area contributed by atoms with E-state index in [0.29, 0.717) is 28.9 Å². The van der Waals surface area contributed by atoms with Gasteiger partial charge in [-0.1, -0.05) is 20.8 Å². The largest absolute Gasteiger partial charge is 0.460 e. The molecule has 3 atom stereocenters. The number of anilines is 2. The van der Waals surface area contributed by atoms with E-state index in [9.17, 15) is 9.59 Å². The van der Waals surface area contributed by atoms with Crippen LogP contribution in [0, 0.1) is 35.5 Å². The fraction of sp³-hybridized carbons (Fsp3) is 0.625. The zero-order valence-electron chi connectivity index (χ0n) is 26.4. The molecule has 4 bridgehead atoms. The minimum absolute atomic E-state index is 0.109. The Labute approximate surface area is 251 Å². The van der Waals surface area contributed by atoms with Gasteiger partial charge < -0.3 is 10.1 Å². The molecule has 4 aliphatic rings. The lowest BCUT2D eigenvalue weighted by molar-refractivity contribution is -0.223. The van der Waals surface area contributed by atoms with Crippen molar-refractivity contribution in [1.29, 1.82) is 0 Å². The van der Waals surface area contributed by atoms with Crippen LogP contribution < -0.4 is 11.0 Å². The average molecular weight is 587 g/mol. The third-order valence-corrected chi connectivity index (χ3v) is 10.1. The molecule has 0 aromatic carbocycles. The van der Waals surface area contributed by atoms with E-state index in [0.717, 1.165) is 49.0 Å². The van der Waals surface area contributed by atoms with Crippen LogP contribution in [0.3, 0.4) is 0 Å². The number of aromatic nitrogens is 7. The summed E-state index contributed by atoms with van der Waals surface area (Å²) in [6.45, 7) is 14.5. The van der Waals surface area contributed by atoms with Gasteiger partial charge in [0.05, 0.1) is 29.0 Å². The Balaban J connectivity index is 1.41. The summed E-state index contributed by atoms with van der Waals surface area (Å²) in [6, 6.07) is 1.95. The van der Waals surface area contributed by atoms with Gasteiger partial charge in [-0.15, -0.1) is 0 Å². The Kier molecular flexibility index (Phi) is 5.80. The van der Waals surface area contributed by atoms with Gasteiger partial charge in [-0.2, -0.15) is 10.1 Å². The van der Waals surface area contributed by atoms with Crippen LogP contribution in [0.1, 0.15) is 79.2 Å². The van der Waals surface area contributed by atoms with Crippen molar-refractivity contribution in [2.45, 2.75) is 91.7 Å². The summed E-state index contributed by atoms with van der Waals surface area (Å²) < 4.78 is 11.5. The Morgan fingerprint density at radius 1 is 1.07 bits per heavy atom. The summed E-state index contributed by atoms with van der Waals surface area (Å²) >= 11 is 0. The van der Waals surface area contributed by atoms with Crippen LogP contribution in [0.15, 0.2) is 29.6 Å². The first-order chi connectivity index (χ1) is 20.1. The third-order valence-electron chi connectivity index (χ3n) is 10.1. The van der Waals surface area contributed by atoms with Gasteiger partial charge in [0.2, 0.25) is 5.95 Å². The summed E-state index contributed by atoms with van der Waals surface area (Å²) in [5.41, 5.74) is 1.59. The Bertz CT molecular complexity index is 1820. The molecule has 0 aliphatic heterocycles. The van der Waals surface area contributed by atoms with Crippen molar-refractivity contribution in [3.05, 3.63) is 40.8 Å². The van der Waals surface area contributed by atoms with Gasteiger partial charge in [0.15, 0.2) is 11.3 Å². The number of rotatable bonds is 4. The average Bonchev–Trinajstić information content (AvgIpc) is 3.43. The second-order valence-electron chi connectivity index (χ2n) is 15.5. The molecule has 4 saturated carbocycles. The molecular weight excluding hydrogens is 544 g/mol. The predicted molar refractivity (Wildman–Crippen MR) is 163 cm³/mol. The molecule has 3 unspecified atom stereocenters. The molecule has 0 amide bonds. The predicted octanol–water partition coefficient (Wildman–Crippen LogP) is 5.13. The monoisotopic (exact) mass is 586 g/mol. The van der Waals surface area contributed by atoms with Gasteiger partial charge >= 0.3 is 11.7 Å². The van der Waals surface area contributed by atoms with Crippen LogP contribution in [0.4, 0.5) is 11.6 Å². The minimum atomic E-state index is -0.657. The summed E-state index contributed by atoms with van der Waals surface area (Å²) in [5, 5.41) is 7.62. The number of nitrogens with zero attached hydrogens (tertiary/aromatic N) is 7. The van der Waals surface area contributed by atoms with E-state index >= 15 is 0 Å². The summed E-state index contributed by atoms with van der Waals surface area (Å²) in [6.07, 6.45) is 9.53. The van der Waals surface area contributed by atoms with Gasteiger partial charge in [-0.25, -0.2) is 19.3 Å². The number of esters is 1. The minimum Gasteiger partial charge on any atom is -0.460 e. The Morgan fingerprint density at radius 2 is 1.77 bits per heavy atom. The highest BCUT2D eigenvalue weighted by Gasteiger charge is 2.71. The van der Waals surface area contributed by atoms with Gasteiger partial charge in [0.25, 0.3) is 0 Å². The van der Waals surface area contributed by atoms with E-state index < -0.39 is 16.6 Å². The number of ether oxygens (including phenoxy) is 1. The molecule has 0 radical (unpaired) electrons. The van der Waals surface area contributed by atoms with Gasteiger partial charge in [-0.05, 0) is 88.7 Å². The topological polar surface area (TPSA) is 121 Å². The first kappa shape index (κ1) is 28.0. The fourth-order valence-electron chi connectivity index (χ4n) is 9.52. The number of hydrogen-bond acceptors (Lipinski definition) is 8. The lowest BCUT2D eigenvalue weighted by atomic mass is 9.38. The highest BCUT2D eigenvalue weighted by Crippen LogP contribution is 2.71. The van der Waals surface area contributed by atoms with E-state index in [4.69, 9.17) is 9.72 Å². The number of fused-ring (bicyclic) bond motifs is 2. The SMILES string of the molecule is Cc1cc2ncnn2cc1Nc1ncc2c(n1)n(C13CC4CC(CC(C(=O)OC(C)(C)C)(C4)C1C(C)(C)C)C3)c(=O)n2C. The molecule has 0 spiro atoms. The zero-order valence-corrected chi connectivity index (χ0v) is 26.4. The normalized spacial score (nSPS) is 28.6. The van der Waals surface area contributed by atoms with Crippen LogP contribution in [-0.4, -0.2) is 45.3 Å². The molecule has 4 heterocycles. The summed E-state index contributed by atoms with van der Waals surface area (Å²) in [5.74, 6) is 0.868. The summed E-state index contributed by atoms with van der Waals surface area (Å²) in [7, 11) is 1.79. The number of imidazole rings is 1. The maximum Gasteiger partial charge on any atom is 0.330 e. The van der Waals surface area contributed by atoms with Gasteiger partial charge in [0.1, 0.15) is 17.4 Å². The number of aryl methyl sites for hydroxylation is 2. The first-order valence-corrected chi connectivity index (χ1v) is 15.4. The van der Waals surface area contributed by atoms with Crippen LogP contribution in [0.2, 0.25) is 0 Å². The second-order valence-corrected chi connectivity index (χ2v) is 15.5. The number of nitrogens with one attached hydrogen (secondary N) is 1. The molecule has 4 aliphatic carbocycles. The van der Waals surface area contributed by atoms with Crippen molar-refractivity contribution in [2.24, 2.45) is 35.6 Å². The number of hydrogen-bond donors (Lipinski definition) is 1. The van der Waals surface area contributed by atoms with E-state index in [1.54, 1.807) is 22.3 Å². The fourth-order valence-corrected chi connectivity index (χ4v) is 9.52. The van der Waals surface area contributed by atoms with Crippen molar-refractivity contribution in [3.63, 3.8) is 0 Å². The first-order valence-electron chi connectivity index (χ1n) is 15.4. The molecule has 11 nitrogen and oxygen atoms in total. The van der Waals surface area contributed by atoms with Crippen LogP contribution >= 0.6 is 0 Å². The van der Waals surface area contributed by atoms with Crippen molar-refractivity contribution in [3.8, 4) is 0 Å². The molecule has 8 rings (SSSR count). The molecule has 4 fully saturated rings. The zero-order chi connectivity index (χ0) is 30.7. The maximum atomic E-state index is 14.3. The number of carbonyl (C=O) groups excluding carboxylic acids is 1. The maximum absolute atomic E-state index is 14.3. The Hall–Kier alpha value is -3.76.